The summed E-state index contributed by atoms with van der Waals surface area (Å²) in [5.41, 5.74) is 2.26. The molecule has 0 spiro atoms. The van der Waals surface area contributed by atoms with Gasteiger partial charge in [-0.25, -0.2) is 0 Å². The van der Waals surface area contributed by atoms with Crippen LogP contribution in [-0.4, -0.2) is 95.9 Å². The molecule has 244 valence electrons. The summed E-state index contributed by atoms with van der Waals surface area (Å²) >= 11 is 0. The number of ether oxygens (including phenoxy) is 6. The van der Waals surface area contributed by atoms with Crippen molar-refractivity contribution >= 4 is 16.6 Å². The van der Waals surface area contributed by atoms with Crippen molar-refractivity contribution in [3.63, 3.8) is 0 Å². The second-order valence-electron chi connectivity index (χ2n) is 12.7. The minimum Gasteiger partial charge on any atom is -0.491 e. The largest absolute Gasteiger partial charge is 0.491 e. The molecule has 0 saturated carbocycles. The number of rotatable bonds is 24. The van der Waals surface area contributed by atoms with Gasteiger partial charge in [0.05, 0.1) is 66.1 Å². The monoisotopic (exact) mass is 636 g/mol. The average Bonchev–Trinajstić information content (AvgIpc) is 2.94. The summed E-state index contributed by atoms with van der Waals surface area (Å²) in [4.78, 5) is 0. The highest BCUT2D eigenvalue weighted by molar-refractivity contribution is 6.70. The summed E-state index contributed by atoms with van der Waals surface area (Å²) in [6.45, 7) is 24.2. The molecule has 0 saturated heterocycles. The number of benzene rings is 2. The maximum absolute atomic E-state index is 5.85. The van der Waals surface area contributed by atoms with Crippen LogP contribution in [0.2, 0.25) is 39.3 Å². The number of hydrogen-bond acceptors (Lipinski definition) is 8. The van der Waals surface area contributed by atoms with Crippen LogP contribution >= 0.6 is 0 Å². The van der Waals surface area contributed by atoms with Crippen molar-refractivity contribution in [1.29, 1.82) is 0 Å². The van der Waals surface area contributed by atoms with Gasteiger partial charge in [-0.15, -0.1) is 0 Å². The lowest BCUT2D eigenvalue weighted by Crippen LogP contribution is -2.27. The van der Waals surface area contributed by atoms with Crippen molar-refractivity contribution < 1.29 is 37.3 Å². The van der Waals surface area contributed by atoms with Gasteiger partial charge in [-0.3, -0.25) is 0 Å². The third kappa shape index (κ3) is 17.3. The van der Waals surface area contributed by atoms with Crippen LogP contribution in [0.15, 0.2) is 48.5 Å². The summed E-state index contributed by atoms with van der Waals surface area (Å²) in [5.74, 6) is 1.66. The van der Waals surface area contributed by atoms with Gasteiger partial charge in [0.1, 0.15) is 24.7 Å². The Morgan fingerprint density at radius 2 is 0.698 bits per heavy atom. The molecule has 0 bridgehead atoms. The molecule has 2 aromatic carbocycles. The van der Waals surface area contributed by atoms with Crippen LogP contribution in [0, 0.1) is 0 Å². The summed E-state index contributed by atoms with van der Waals surface area (Å²) in [5, 5.41) is 0. The van der Waals surface area contributed by atoms with E-state index < -0.39 is 16.6 Å². The van der Waals surface area contributed by atoms with Crippen molar-refractivity contribution in [2.75, 3.05) is 79.3 Å². The first-order valence-electron chi connectivity index (χ1n) is 15.4. The molecule has 8 nitrogen and oxygen atoms in total. The Morgan fingerprint density at radius 3 is 1.00 bits per heavy atom. The SMILES string of the molecule is CC(C)(c1ccc(OCCOCCOCCO[Si](C)(C)C)cc1)c1ccc(OCCOCCOCCO[Si](C)(C)C)cc1. The zero-order valence-electron chi connectivity index (χ0n) is 27.9. The second kappa shape index (κ2) is 19.6. The van der Waals surface area contributed by atoms with Gasteiger partial charge in [-0.1, -0.05) is 38.1 Å². The van der Waals surface area contributed by atoms with Gasteiger partial charge in [-0.2, -0.15) is 0 Å². The molecule has 0 atom stereocenters. The van der Waals surface area contributed by atoms with E-state index in [2.05, 4.69) is 77.4 Å². The molecule has 0 N–H and O–H groups in total. The lowest BCUT2D eigenvalue weighted by Gasteiger charge is -2.26. The average molecular weight is 637 g/mol. The third-order valence-electron chi connectivity index (χ3n) is 6.41. The van der Waals surface area contributed by atoms with E-state index in [0.29, 0.717) is 79.3 Å². The molecule has 0 aliphatic rings. The molecule has 10 heteroatoms. The highest BCUT2D eigenvalue weighted by Gasteiger charge is 2.23. The van der Waals surface area contributed by atoms with Crippen molar-refractivity contribution in [3.05, 3.63) is 59.7 Å². The Hall–Kier alpha value is -1.77. The molecule has 0 heterocycles. The molecule has 0 aliphatic carbocycles. The molecule has 0 aliphatic heterocycles. The van der Waals surface area contributed by atoms with Gasteiger partial charge < -0.3 is 37.3 Å². The maximum Gasteiger partial charge on any atom is 0.183 e. The van der Waals surface area contributed by atoms with Crippen LogP contribution in [0.25, 0.3) is 0 Å². The Morgan fingerprint density at radius 1 is 0.419 bits per heavy atom. The number of hydrogen-bond donors (Lipinski definition) is 0. The van der Waals surface area contributed by atoms with E-state index >= 15 is 0 Å². The van der Waals surface area contributed by atoms with E-state index in [0.717, 1.165) is 11.5 Å². The van der Waals surface area contributed by atoms with Crippen molar-refractivity contribution in [2.45, 2.75) is 58.5 Å². The fraction of sp³-hybridized carbons (Fsp3) is 0.636. The Balaban J connectivity index is 1.60. The van der Waals surface area contributed by atoms with E-state index in [1.165, 1.54) is 11.1 Å². The maximum atomic E-state index is 5.85. The minimum absolute atomic E-state index is 0.163. The molecule has 0 unspecified atom stereocenters. The highest BCUT2D eigenvalue weighted by Crippen LogP contribution is 2.33. The van der Waals surface area contributed by atoms with Gasteiger partial charge in [0.15, 0.2) is 16.6 Å². The lowest BCUT2D eigenvalue weighted by molar-refractivity contribution is 0.0266. The standard InChI is InChI=1S/C33H56O8Si2/c1-33(2,29-9-13-31(14-10-29)38-25-21-34-17-19-36-23-27-40-42(3,4)5)30-11-15-32(16-12-30)39-26-22-35-18-20-37-24-28-41-43(6,7)8/h9-16H,17-28H2,1-8H3. The highest BCUT2D eigenvalue weighted by atomic mass is 28.4. The van der Waals surface area contributed by atoms with Crippen LogP contribution < -0.4 is 9.47 Å². The fourth-order valence-corrected chi connectivity index (χ4v) is 5.39. The van der Waals surface area contributed by atoms with E-state index in [9.17, 15) is 0 Å². The van der Waals surface area contributed by atoms with Crippen LogP contribution in [0.4, 0.5) is 0 Å². The van der Waals surface area contributed by atoms with Gasteiger partial charge in [0.2, 0.25) is 0 Å². The lowest BCUT2D eigenvalue weighted by atomic mass is 9.78. The summed E-state index contributed by atoms with van der Waals surface area (Å²) < 4.78 is 45.5. The second-order valence-corrected chi connectivity index (χ2v) is 21.8. The predicted molar refractivity (Wildman–Crippen MR) is 178 cm³/mol. The van der Waals surface area contributed by atoms with Gasteiger partial charge in [0.25, 0.3) is 0 Å². The first kappa shape index (κ1) is 37.4. The van der Waals surface area contributed by atoms with Crippen LogP contribution in [0.3, 0.4) is 0 Å². The Kier molecular flexibility index (Phi) is 17.0. The van der Waals surface area contributed by atoms with Gasteiger partial charge in [-0.05, 0) is 74.7 Å². The van der Waals surface area contributed by atoms with E-state index in [4.69, 9.17) is 37.3 Å². The zero-order chi connectivity index (χ0) is 31.6. The van der Waals surface area contributed by atoms with E-state index in [1.54, 1.807) is 0 Å². The van der Waals surface area contributed by atoms with Crippen LogP contribution in [0.1, 0.15) is 25.0 Å². The first-order valence-corrected chi connectivity index (χ1v) is 22.2. The minimum atomic E-state index is -1.46. The molecule has 0 radical (unpaired) electrons. The topological polar surface area (TPSA) is 73.8 Å². The molecule has 2 aromatic rings. The van der Waals surface area contributed by atoms with Crippen LogP contribution in [0.5, 0.6) is 11.5 Å². The zero-order valence-corrected chi connectivity index (χ0v) is 29.9. The Labute approximate surface area is 262 Å². The molecule has 2 rings (SSSR count). The molecular formula is C33H56O8Si2. The molecule has 0 fully saturated rings. The van der Waals surface area contributed by atoms with Crippen molar-refractivity contribution in [1.82, 2.24) is 0 Å². The van der Waals surface area contributed by atoms with E-state index in [1.807, 2.05) is 24.3 Å². The van der Waals surface area contributed by atoms with Crippen LogP contribution in [-0.2, 0) is 33.2 Å². The van der Waals surface area contributed by atoms with Crippen molar-refractivity contribution in [3.8, 4) is 11.5 Å². The van der Waals surface area contributed by atoms with E-state index in [-0.39, 0.29) is 5.41 Å². The third-order valence-corrected chi connectivity index (χ3v) is 8.55. The Bertz CT molecular complexity index is 906. The quantitative estimate of drug-likeness (QED) is 0.0951. The summed E-state index contributed by atoms with van der Waals surface area (Å²) in [6, 6.07) is 16.6. The first-order chi connectivity index (χ1) is 20.4. The summed E-state index contributed by atoms with van der Waals surface area (Å²) in [7, 11) is -2.93. The fourth-order valence-electron chi connectivity index (χ4n) is 4.00. The van der Waals surface area contributed by atoms with Crippen molar-refractivity contribution in [2.24, 2.45) is 0 Å². The van der Waals surface area contributed by atoms with Gasteiger partial charge in [0, 0.05) is 5.41 Å². The molecule has 0 amide bonds. The molecular weight excluding hydrogens is 581 g/mol. The predicted octanol–water partition coefficient (Wildman–Crippen LogP) is 6.54. The normalized spacial score (nSPS) is 12.5. The smallest absolute Gasteiger partial charge is 0.183 e. The molecule has 43 heavy (non-hydrogen) atoms. The summed E-state index contributed by atoms with van der Waals surface area (Å²) in [6.07, 6.45) is 0. The van der Waals surface area contributed by atoms with Gasteiger partial charge >= 0.3 is 0 Å². The molecule has 0 aromatic heterocycles.